The molecule has 4 heteroatoms. The zero-order chi connectivity index (χ0) is 15.1. The number of likely N-dealkylation sites (N-methyl/N-ethyl adjacent to an activating group) is 1. The van der Waals surface area contributed by atoms with Crippen LogP contribution in [-0.2, 0) is 11.2 Å². The first-order chi connectivity index (χ1) is 10.2. The molecule has 0 amide bonds. The average Bonchev–Trinajstić information content (AvgIpc) is 2.93. The summed E-state index contributed by atoms with van der Waals surface area (Å²) in [6.45, 7) is 6.46. The van der Waals surface area contributed by atoms with E-state index in [-0.39, 0.29) is 0 Å². The molecule has 0 saturated carbocycles. The highest BCUT2D eigenvalue weighted by molar-refractivity contribution is 5.40. The van der Waals surface area contributed by atoms with Crippen molar-refractivity contribution in [1.29, 1.82) is 0 Å². The van der Waals surface area contributed by atoms with Crippen LogP contribution in [0.2, 0.25) is 0 Å². The van der Waals surface area contributed by atoms with E-state index in [1.54, 1.807) is 0 Å². The molecule has 0 aromatic heterocycles. The average molecular weight is 292 g/mol. The molecule has 0 spiro atoms. The van der Waals surface area contributed by atoms with E-state index in [4.69, 9.17) is 9.47 Å². The van der Waals surface area contributed by atoms with Crippen LogP contribution >= 0.6 is 0 Å². The van der Waals surface area contributed by atoms with Gasteiger partial charge in [-0.15, -0.1) is 0 Å². The predicted molar refractivity (Wildman–Crippen MR) is 86.0 cm³/mol. The number of fused-ring (bicyclic) bond motifs is 1. The normalized spacial score (nSPS) is 15.0. The Hall–Kier alpha value is -1.10. The first-order valence-electron chi connectivity index (χ1n) is 7.92. The van der Waals surface area contributed by atoms with E-state index in [0.717, 1.165) is 51.5 Å². The van der Waals surface area contributed by atoms with Crippen LogP contribution in [0.1, 0.15) is 30.5 Å². The second-order valence-electron chi connectivity index (χ2n) is 5.80. The molecular weight excluding hydrogens is 264 g/mol. The summed E-state index contributed by atoms with van der Waals surface area (Å²) in [7, 11) is 4.12. The van der Waals surface area contributed by atoms with Gasteiger partial charge in [0.15, 0.2) is 0 Å². The standard InChI is InChI=1S/C17H28N2O2/c1-4-16(18-8-11-20-12-9-19(2)3)14-5-6-17-15(13-14)7-10-21-17/h5-6,13,16,18H,4,7-12H2,1-3H3. The van der Waals surface area contributed by atoms with Crippen molar-refractivity contribution in [2.45, 2.75) is 25.8 Å². The van der Waals surface area contributed by atoms with Crippen molar-refractivity contribution in [1.82, 2.24) is 10.2 Å². The molecule has 1 N–H and O–H groups in total. The molecule has 118 valence electrons. The Morgan fingerprint density at radius 3 is 2.95 bits per heavy atom. The van der Waals surface area contributed by atoms with Gasteiger partial charge in [0.2, 0.25) is 0 Å². The Balaban J connectivity index is 1.75. The van der Waals surface area contributed by atoms with Crippen molar-refractivity contribution in [3.63, 3.8) is 0 Å². The lowest BCUT2D eigenvalue weighted by molar-refractivity contribution is 0.117. The molecule has 0 aliphatic carbocycles. The number of hydrogen-bond donors (Lipinski definition) is 1. The molecule has 0 saturated heterocycles. The smallest absolute Gasteiger partial charge is 0.122 e. The van der Waals surface area contributed by atoms with Gasteiger partial charge in [-0.3, -0.25) is 0 Å². The highest BCUT2D eigenvalue weighted by Crippen LogP contribution is 2.28. The molecule has 2 rings (SSSR count). The SMILES string of the molecule is CCC(NCCOCCN(C)C)c1ccc2c(c1)CCO2. The summed E-state index contributed by atoms with van der Waals surface area (Å²) in [5.41, 5.74) is 2.70. The summed E-state index contributed by atoms with van der Waals surface area (Å²) in [4.78, 5) is 2.13. The maximum absolute atomic E-state index is 5.63. The Morgan fingerprint density at radius 1 is 1.33 bits per heavy atom. The second-order valence-corrected chi connectivity index (χ2v) is 5.80. The lowest BCUT2D eigenvalue weighted by Crippen LogP contribution is -2.26. The van der Waals surface area contributed by atoms with Gasteiger partial charge >= 0.3 is 0 Å². The molecule has 1 aromatic carbocycles. The van der Waals surface area contributed by atoms with Gasteiger partial charge in [0.25, 0.3) is 0 Å². The van der Waals surface area contributed by atoms with Gasteiger partial charge in [0, 0.05) is 25.6 Å². The van der Waals surface area contributed by atoms with Crippen molar-refractivity contribution >= 4 is 0 Å². The molecule has 21 heavy (non-hydrogen) atoms. The lowest BCUT2D eigenvalue weighted by atomic mass is 10.0. The van der Waals surface area contributed by atoms with Crippen LogP contribution in [0, 0.1) is 0 Å². The molecule has 1 heterocycles. The Bertz CT molecular complexity index is 435. The van der Waals surface area contributed by atoms with E-state index in [0.29, 0.717) is 6.04 Å². The molecule has 1 atom stereocenters. The Kier molecular flexibility index (Phi) is 6.49. The highest BCUT2D eigenvalue weighted by Gasteiger charge is 2.15. The minimum atomic E-state index is 0.397. The fourth-order valence-corrected chi connectivity index (χ4v) is 2.58. The zero-order valence-electron chi connectivity index (χ0n) is 13.5. The first-order valence-corrected chi connectivity index (χ1v) is 7.92. The van der Waals surface area contributed by atoms with Crippen LogP contribution in [0.3, 0.4) is 0 Å². The molecule has 1 aliphatic heterocycles. The van der Waals surface area contributed by atoms with Gasteiger partial charge in [-0.25, -0.2) is 0 Å². The summed E-state index contributed by atoms with van der Waals surface area (Å²) < 4.78 is 11.2. The van der Waals surface area contributed by atoms with Crippen LogP contribution < -0.4 is 10.1 Å². The van der Waals surface area contributed by atoms with Gasteiger partial charge in [-0.05, 0) is 37.7 Å². The number of nitrogens with one attached hydrogen (secondary N) is 1. The van der Waals surface area contributed by atoms with Crippen LogP contribution in [-0.4, -0.2) is 51.9 Å². The van der Waals surface area contributed by atoms with Crippen LogP contribution in [0.5, 0.6) is 5.75 Å². The number of hydrogen-bond acceptors (Lipinski definition) is 4. The fraction of sp³-hybridized carbons (Fsp3) is 0.647. The van der Waals surface area contributed by atoms with Crippen LogP contribution in [0.25, 0.3) is 0 Å². The summed E-state index contributed by atoms with van der Waals surface area (Å²) in [5.74, 6) is 1.06. The van der Waals surface area contributed by atoms with Crippen LogP contribution in [0.15, 0.2) is 18.2 Å². The highest BCUT2D eigenvalue weighted by atomic mass is 16.5. The summed E-state index contributed by atoms with van der Waals surface area (Å²) in [5, 5.41) is 3.59. The van der Waals surface area contributed by atoms with Crippen molar-refractivity contribution in [3.05, 3.63) is 29.3 Å². The minimum Gasteiger partial charge on any atom is -0.493 e. The third kappa shape index (κ3) is 4.99. The predicted octanol–water partition coefficient (Wildman–Crippen LogP) is 2.24. The Morgan fingerprint density at radius 2 is 2.19 bits per heavy atom. The molecular formula is C17H28N2O2. The minimum absolute atomic E-state index is 0.397. The number of benzene rings is 1. The maximum Gasteiger partial charge on any atom is 0.122 e. The molecule has 0 fully saturated rings. The van der Waals surface area contributed by atoms with Crippen molar-refractivity contribution < 1.29 is 9.47 Å². The number of nitrogens with zero attached hydrogens (tertiary/aromatic N) is 1. The monoisotopic (exact) mass is 292 g/mol. The summed E-state index contributed by atoms with van der Waals surface area (Å²) in [6.07, 6.45) is 2.12. The molecule has 0 radical (unpaired) electrons. The zero-order valence-corrected chi connectivity index (χ0v) is 13.5. The van der Waals surface area contributed by atoms with Gasteiger partial charge in [-0.2, -0.15) is 0 Å². The van der Waals surface area contributed by atoms with E-state index >= 15 is 0 Å². The maximum atomic E-state index is 5.63. The third-order valence-electron chi connectivity index (χ3n) is 3.84. The van der Waals surface area contributed by atoms with Gasteiger partial charge in [0.05, 0.1) is 19.8 Å². The van der Waals surface area contributed by atoms with E-state index in [1.807, 2.05) is 0 Å². The molecule has 1 unspecified atom stereocenters. The molecule has 1 aliphatic rings. The second kappa shape index (κ2) is 8.37. The van der Waals surface area contributed by atoms with E-state index in [2.05, 4.69) is 49.4 Å². The van der Waals surface area contributed by atoms with E-state index in [1.165, 1.54) is 11.1 Å². The van der Waals surface area contributed by atoms with E-state index in [9.17, 15) is 0 Å². The Labute approximate surface area is 128 Å². The van der Waals surface area contributed by atoms with E-state index < -0.39 is 0 Å². The summed E-state index contributed by atoms with van der Waals surface area (Å²) >= 11 is 0. The molecule has 4 nitrogen and oxygen atoms in total. The van der Waals surface area contributed by atoms with Gasteiger partial charge in [0.1, 0.15) is 5.75 Å². The van der Waals surface area contributed by atoms with Gasteiger partial charge in [-0.1, -0.05) is 19.1 Å². The topological polar surface area (TPSA) is 33.7 Å². The van der Waals surface area contributed by atoms with Crippen molar-refractivity contribution in [2.75, 3.05) is 47.0 Å². The summed E-state index contributed by atoms with van der Waals surface area (Å²) in [6, 6.07) is 6.97. The fourth-order valence-electron chi connectivity index (χ4n) is 2.58. The molecule has 0 bridgehead atoms. The van der Waals surface area contributed by atoms with Crippen molar-refractivity contribution in [3.8, 4) is 5.75 Å². The van der Waals surface area contributed by atoms with Gasteiger partial charge < -0.3 is 19.7 Å². The number of ether oxygens (including phenoxy) is 2. The third-order valence-corrected chi connectivity index (χ3v) is 3.84. The van der Waals surface area contributed by atoms with Crippen molar-refractivity contribution in [2.24, 2.45) is 0 Å². The first kappa shape index (κ1) is 16.3. The molecule has 1 aromatic rings. The van der Waals surface area contributed by atoms with Crippen LogP contribution in [0.4, 0.5) is 0 Å². The lowest BCUT2D eigenvalue weighted by Gasteiger charge is -2.18. The quantitative estimate of drug-likeness (QED) is 0.708. The number of rotatable bonds is 9. The largest absolute Gasteiger partial charge is 0.493 e.